The Balaban J connectivity index is 1.59. The lowest BCUT2D eigenvalue weighted by atomic mass is 10.3. The van der Waals surface area contributed by atoms with E-state index in [2.05, 4.69) is 15.5 Å². The predicted octanol–water partition coefficient (Wildman–Crippen LogP) is 2.30. The molecule has 0 aromatic carbocycles. The summed E-state index contributed by atoms with van der Waals surface area (Å²) in [6, 6.07) is 2.00. The van der Waals surface area contributed by atoms with E-state index in [-0.39, 0.29) is 0 Å². The summed E-state index contributed by atoms with van der Waals surface area (Å²) in [5.74, 6) is 2.23. The molecule has 0 spiro atoms. The van der Waals surface area contributed by atoms with Gasteiger partial charge in [-0.25, -0.2) is 0 Å². The van der Waals surface area contributed by atoms with Crippen molar-refractivity contribution < 1.29 is 4.52 Å². The molecule has 1 N–H and O–H groups in total. The van der Waals surface area contributed by atoms with Crippen LogP contribution >= 0.6 is 11.3 Å². The summed E-state index contributed by atoms with van der Waals surface area (Å²) in [6.45, 7) is 1.74. The molecule has 5 heteroatoms. The molecule has 1 aliphatic rings. The third kappa shape index (κ3) is 2.31. The Labute approximate surface area is 97.7 Å². The van der Waals surface area contributed by atoms with Crippen LogP contribution in [0.5, 0.6) is 0 Å². The molecule has 1 fully saturated rings. The van der Waals surface area contributed by atoms with E-state index < -0.39 is 0 Å². The van der Waals surface area contributed by atoms with Gasteiger partial charge in [0.2, 0.25) is 11.7 Å². The number of thiophene rings is 1. The van der Waals surface area contributed by atoms with E-state index in [0.717, 1.165) is 18.0 Å². The van der Waals surface area contributed by atoms with Crippen molar-refractivity contribution in [3.8, 4) is 11.4 Å². The van der Waals surface area contributed by atoms with Gasteiger partial charge in [0, 0.05) is 10.9 Å². The molecule has 0 bridgehead atoms. The lowest BCUT2D eigenvalue weighted by molar-refractivity contribution is 0.367. The number of nitrogens with one attached hydrogen (secondary N) is 1. The number of hydrogen-bond acceptors (Lipinski definition) is 5. The van der Waals surface area contributed by atoms with Crippen molar-refractivity contribution in [1.82, 2.24) is 15.5 Å². The van der Waals surface area contributed by atoms with Gasteiger partial charge in [-0.3, -0.25) is 0 Å². The Morgan fingerprint density at radius 2 is 2.44 bits per heavy atom. The van der Waals surface area contributed by atoms with Gasteiger partial charge < -0.3 is 9.84 Å². The van der Waals surface area contributed by atoms with E-state index >= 15 is 0 Å². The SMILES string of the molecule is c1cc(-c2noc(CNCC3CC3)n2)cs1. The highest BCUT2D eigenvalue weighted by molar-refractivity contribution is 7.08. The van der Waals surface area contributed by atoms with Gasteiger partial charge in [0.05, 0.1) is 6.54 Å². The summed E-state index contributed by atoms with van der Waals surface area (Å²) >= 11 is 1.64. The van der Waals surface area contributed by atoms with Gasteiger partial charge in [-0.05, 0) is 36.8 Å². The minimum atomic E-state index is 0.668. The van der Waals surface area contributed by atoms with Gasteiger partial charge in [0.25, 0.3) is 0 Å². The first-order chi connectivity index (χ1) is 7.92. The molecule has 0 saturated heterocycles. The van der Waals surface area contributed by atoms with Gasteiger partial charge in [-0.15, -0.1) is 0 Å². The summed E-state index contributed by atoms with van der Waals surface area (Å²) in [4.78, 5) is 4.34. The fourth-order valence-corrected chi connectivity index (χ4v) is 2.18. The van der Waals surface area contributed by atoms with Crippen molar-refractivity contribution in [3.05, 3.63) is 22.7 Å². The maximum Gasteiger partial charge on any atom is 0.240 e. The molecule has 0 aliphatic heterocycles. The third-order valence-corrected chi connectivity index (χ3v) is 3.34. The first-order valence-corrected chi connectivity index (χ1v) is 6.42. The van der Waals surface area contributed by atoms with Crippen LogP contribution in [0.15, 0.2) is 21.3 Å². The maximum atomic E-state index is 5.17. The second-order valence-corrected chi connectivity index (χ2v) is 4.88. The standard InChI is InChI=1S/C11H13N3OS/c1-2-8(1)5-12-6-10-13-11(14-15-10)9-3-4-16-7-9/h3-4,7-8,12H,1-2,5-6H2. The minimum absolute atomic E-state index is 0.668. The molecular formula is C11H13N3OS. The van der Waals surface area contributed by atoms with Crippen LogP contribution in [0, 0.1) is 5.92 Å². The first-order valence-electron chi connectivity index (χ1n) is 5.48. The summed E-state index contributed by atoms with van der Waals surface area (Å²) < 4.78 is 5.17. The largest absolute Gasteiger partial charge is 0.338 e. The first kappa shape index (κ1) is 9.99. The molecular weight excluding hydrogens is 222 g/mol. The fourth-order valence-electron chi connectivity index (χ4n) is 1.54. The number of nitrogens with zero attached hydrogens (tertiary/aromatic N) is 2. The molecule has 2 heterocycles. The molecule has 0 amide bonds. The minimum Gasteiger partial charge on any atom is -0.338 e. The number of aromatic nitrogens is 2. The van der Waals surface area contributed by atoms with E-state index in [1.54, 1.807) is 11.3 Å². The highest BCUT2D eigenvalue weighted by Gasteiger charge is 2.20. The van der Waals surface area contributed by atoms with Crippen LogP contribution in [0.3, 0.4) is 0 Å². The second-order valence-electron chi connectivity index (χ2n) is 4.10. The molecule has 1 aliphatic carbocycles. The molecule has 4 nitrogen and oxygen atoms in total. The average molecular weight is 235 g/mol. The number of rotatable bonds is 5. The lowest BCUT2D eigenvalue weighted by Gasteiger charge is -1.96. The molecule has 2 aromatic heterocycles. The summed E-state index contributed by atoms with van der Waals surface area (Å²) in [7, 11) is 0. The average Bonchev–Trinajstić information content (AvgIpc) is 2.83. The molecule has 3 rings (SSSR count). The zero-order chi connectivity index (χ0) is 10.8. The van der Waals surface area contributed by atoms with E-state index in [1.165, 1.54) is 12.8 Å². The quantitative estimate of drug-likeness (QED) is 0.864. The number of hydrogen-bond donors (Lipinski definition) is 1. The smallest absolute Gasteiger partial charge is 0.240 e. The molecule has 1 saturated carbocycles. The Bertz CT molecular complexity index is 448. The molecule has 0 unspecified atom stereocenters. The zero-order valence-corrected chi connectivity index (χ0v) is 9.67. The monoisotopic (exact) mass is 235 g/mol. The predicted molar refractivity (Wildman–Crippen MR) is 62.0 cm³/mol. The summed E-state index contributed by atoms with van der Waals surface area (Å²) in [6.07, 6.45) is 2.72. The highest BCUT2D eigenvalue weighted by Crippen LogP contribution is 2.27. The van der Waals surface area contributed by atoms with Crippen molar-refractivity contribution >= 4 is 11.3 Å². The van der Waals surface area contributed by atoms with Gasteiger partial charge in [-0.1, -0.05) is 5.16 Å². The van der Waals surface area contributed by atoms with Crippen LogP contribution in [0.25, 0.3) is 11.4 Å². The van der Waals surface area contributed by atoms with Crippen molar-refractivity contribution in [2.75, 3.05) is 6.54 Å². The second kappa shape index (κ2) is 4.35. The van der Waals surface area contributed by atoms with E-state index in [1.807, 2.05) is 16.8 Å². The Hall–Kier alpha value is -1.20. The van der Waals surface area contributed by atoms with Crippen LogP contribution in [0.4, 0.5) is 0 Å². The van der Waals surface area contributed by atoms with Crippen molar-refractivity contribution in [2.24, 2.45) is 5.92 Å². The van der Waals surface area contributed by atoms with E-state index in [4.69, 9.17) is 4.52 Å². The van der Waals surface area contributed by atoms with Gasteiger partial charge in [0.1, 0.15) is 0 Å². The van der Waals surface area contributed by atoms with Gasteiger partial charge >= 0.3 is 0 Å². The Morgan fingerprint density at radius 3 is 3.19 bits per heavy atom. The van der Waals surface area contributed by atoms with Crippen LogP contribution in [0.1, 0.15) is 18.7 Å². The fraction of sp³-hybridized carbons (Fsp3) is 0.455. The molecule has 0 atom stereocenters. The van der Waals surface area contributed by atoms with E-state index in [9.17, 15) is 0 Å². The highest BCUT2D eigenvalue weighted by atomic mass is 32.1. The molecule has 0 radical (unpaired) electrons. The van der Waals surface area contributed by atoms with Crippen LogP contribution in [-0.4, -0.2) is 16.7 Å². The van der Waals surface area contributed by atoms with Gasteiger partial charge in [0.15, 0.2) is 0 Å². The molecule has 16 heavy (non-hydrogen) atoms. The van der Waals surface area contributed by atoms with Gasteiger partial charge in [-0.2, -0.15) is 16.3 Å². The zero-order valence-electron chi connectivity index (χ0n) is 8.85. The lowest BCUT2D eigenvalue weighted by Crippen LogP contribution is -2.16. The molecule has 2 aromatic rings. The molecule has 84 valence electrons. The Kier molecular flexibility index (Phi) is 2.71. The topological polar surface area (TPSA) is 51.0 Å². The maximum absolute atomic E-state index is 5.17. The summed E-state index contributed by atoms with van der Waals surface area (Å²) in [5.41, 5.74) is 1.03. The van der Waals surface area contributed by atoms with Crippen LogP contribution in [0.2, 0.25) is 0 Å². The normalized spacial score (nSPS) is 15.5. The summed E-state index contributed by atoms with van der Waals surface area (Å²) in [5, 5.41) is 11.3. The van der Waals surface area contributed by atoms with Crippen molar-refractivity contribution in [2.45, 2.75) is 19.4 Å². The Morgan fingerprint density at radius 1 is 1.50 bits per heavy atom. The van der Waals surface area contributed by atoms with Crippen molar-refractivity contribution in [3.63, 3.8) is 0 Å². The van der Waals surface area contributed by atoms with Crippen LogP contribution in [-0.2, 0) is 6.54 Å². The van der Waals surface area contributed by atoms with E-state index in [0.29, 0.717) is 18.3 Å². The third-order valence-electron chi connectivity index (χ3n) is 2.65. The van der Waals surface area contributed by atoms with Crippen molar-refractivity contribution in [1.29, 1.82) is 0 Å². The van der Waals surface area contributed by atoms with Crippen LogP contribution < -0.4 is 5.32 Å².